The number of nitrogens with zero attached hydrogens (tertiary/aromatic N) is 2. The van der Waals surface area contributed by atoms with E-state index in [1.54, 1.807) is 7.11 Å². The molecule has 4 saturated carbocycles. The highest BCUT2D eigenvalue weighted by atomic mass is 16.5. The largest absolute Gasteiger partial charge is 0.481 e. The van der Waals surface area contributed by atoms with Crippen molar-refractivity contribution in [3.8, 4) is 5.88 Å². The second-order valence-electron chi connectivity index (χ2n) is 9.27. The van der Waals surface area contributed by atoms with Crippen molar-refractivity contribution in [3.63, 3.8) is 0 Å². The van der Waals surface area contributed by atoms with Crippen molar-refractivity contribution in [1.29, 1.82) is 0 Å². The summed E-state index contributed by atoms with van der Waals surface area (Å²) in [5, 5.41) is 3.41. The Morgan fingerprint density at radius 1 is 1.21 bits per heavy atom. The Labute approximate surface area is 167 Å². The molecule has 6 rings (SSSR count). The zero-order chi connectivity index (χ0) is 19.1. The summed E-state index contributed by atoms with van der Waals surface area (Å²) in [5.41, 5.74) is 1.13. The van der Waals surface area contributed by atoms with Crippen LogP contribution in [-0.4, -0.2) is 54.7 Å². The average molecular weight is 386 g/mol. The monoisotopic (exact) mass is 385 g/mol. The van der Waals surface area contributed by atoms with Gasteiger partial charge in [0.2, 0.25) is 5.88 Å². The molecule has 1 unspecified atom stereocenters. The van der Waals surface area contributed by atoms with E-state index in [1.165, 1.54) is 32.1 Å². The fourth-order valence-corrected chi connectivity index (χ4v) is 6.31. The third-order valence-electron chi connectivity index (χ3n) is 7.39. The molecule has 1 aromatic rings. The van der Waals surface area contributed by atoms with E-state index in [1.807, 2.05) is 18.3 Å². The van der Waals surface area contributed by atoms with Crippen LogP contribution in [-0.2, 0) is 16.1 Å². The number of hydrogen-bond donors (Lipinski definition) is 1. The maximum Gasteiger partial charge on any atom is 0.250 e. The highest BCUT2D eigenvalue weighted by molar-refractivity contribution is 5.81. The van der Waals surface area contributed by atoms with Gasteiger partial charge in [0.05, 0.1) is 13.7 Å². The van der Waals surface area contributed by atoms with Crippen molar-refractivity contribution in [2.75, 3.05) is 26.8 Å². The lowest BCUT2D eigenvalue weighted by atomic mass is 9.54. The van der Waals surface area contributed by atoms with Gasteiger partial charge in [0.15, 0.2) is 0 Å². The Kier molecular flexibility index (Phi) is 5.01. The van der Waals surface area contributed by atoms with E-state index in [2.05, 4.69) is 15.2 Å². The normalized spacial score (nSPS) is 37.0. The van der Waals surface area contributed by atoms with Gasteiger partial charge in [0.1, 0.15) is 6.10 Å². The molecule has 2 heterocycles. The number of carbonyl (C=O) groups excluding carboxylic acids is 1. The molecule has 0 radical (unpaired) electrons. The molecule has 152 valence electrons. The predicted octanol–water partition coefficient (Wildman–Crippen LogP) is 2.23. The molecule has 0 spiro atoms. The minimum Gasteiger partial charge on any atom is -0.481 e. The number of amides is 1. The van der Waals surface area contributed by atoms with Gasteiger partial charge in [-0.2, -0.15) is 0 Å². The van der Waals surface area contributed by atoms with E-state index in [0.29, 0.717) is 36.9 Å². The average Bonchev–Trinajstić information content (AvgIpc) is 2.71. The van der Waals surface area contributed by atoms with Gasteiger partial charge in [-0.05, 0) is 61.3 Å². The van der Waals surface area contributed by atoms with Crippen LogP contribution in [0.2, 0.25) is 0 Å². The number of nitrogens with one attached hydrogen (secondary N) is 1. The first kappa shape index (κ1) is 18.4. The van der Waals surface area contributed by atoms with Crippen LogP contribution in [0.15, 0.2) is 18.3 Å². The maximum atomic E-state index is 13.0. The lowest BCUT2D eigenvalue weighted by Crippen LogP contribution is -2.59. The number of morpholine rings is 1. The van der Waals surface area contributed by atoms with E-state index in [-0.39, 0.29) is 12.0 Å². The van der Waals surface area contributed by atoms with Crippen LogP contribution in [0.1, 0.15) is 37.7 Å². The summed E-state index contributed by atoms with van der Waals surface area (Å²) in [4.78, 5) is 19.5. The summed E-state index contributed by atoms with van der Waals surface area (Å²) in [6, 6.07) is 4.29. The number of hydrogen-bond acceptors (Lipinski definition) is 5. The van der Waals surface area contributed by atoms with Crippen LogP contribution in [0.3, 0.4) is 0 Å². The number of methoxy groups -OCH3 is 1. The Balaban J connectivity index is 1.17. The lowest BCUT2D eigenvalue weighted by molar-refractivity contribution is -0.142. The molecule has 6 heteroatoms. The summed E-state index contributed by atoms with van der Waals surface area (Å²) in [7, 11) is 1.62. The highest BCUT2D eigenvalue weighted by Crippen LogP contribution is 2.53. The molecule has 5 fully saturated rings. The maximum absolute atomic E-state index is 13.0. The second-order valence-corrected chi connectivity index (χ2v) is 9.27. The van der Waals surface area contributed by atoms with Crippen molar-refractivity contribution >= 4 is 5.91 Å². The van der Waals surface area contributed by atoms with Crippen molar-refractivity contribution < 1.29 is 14.3 Å². The Bertz CT molecular complexity index is 679. The predicted molar refractivity (Wildman–Crippen MR) is 105 cm³/mol. The molecule has 28 heavy (non-hydrogen) atoms. The summed E-state index contributed by atoms with van der Waals surface area (Å²) < 4.78 is 11.0. The number of aromatic nitrogens is 1. The molecule has 4 aliphatic carbocycles. The molecular formula is C22H31N3O3. The third kappa shape index (κ3) is 3.64. The summed E-state index contributed by atoms with van der Waals surface area (Å²) in [6.07, 6.45) is 8.20. The van der Waals surface area contributed by atoms with Crippen molar-refractivity contribution in [1.82, 2.24) is 15.2 Å². The van der Waals surface area contributed by atoms with Crippen LogP contribution in [0, 0.1) is 23.7 Å². The van der Waals surface area contributed by atoms with Crippen LogP contribution < -0.4 is 10.1 Å². The second kappa shape index (κ2) is 7.64. The van der Waals surface area contributed by atoms with Gasteiger partial charge < -0.3 is 14.8 Å². The van der Waals surface area contributed by atoms with Gasteiger partial charge >= 0.3 is 0 Å². The molecule has 1 amide bonds. The molecule has 5 aliphatic rings. The Morgan fingerprint density at radius 3 is 2.61 bits per heavy atom. The number of pyridine rings is 1. The van der Waals surface area contributed by atoms with Crippen LogP contribution in [0.25, 0.3) is 0 Å². The topological polar surface area (TPSA) is 63.7 Å². The molecule has 1 saturated heterocycles. The first-order chi connectivity index (χ1) is 13.7. The SMILES string of the molecule is COc1ccc(CN2CCOC(C(=O)NC3C4CC5CC(C4)CC3C5)C2)cn1. The zero-order valence-corrected chi connectivity index (χ0v) is 16.7. The van der Waals surface area contributed by atoms with Gasteiger partial charge in [0.25, 0.3) is 5.91 Å². The number of ether oxygens (including phenoxy) is 2. The molecule has 6 nitrogen and oxygen atoms in total. The summed E-state index contributed by atoms with van der Waals surface area (Å²) in [6.45, 7) is 2.87. The first-order valence-corrected chi connectivity index (χ1v) is 10.8. The fourth-order valence-electron chi connectivity index (χ4n) is 6.31. The molecule has 4 bridgehead atoms. The van der Waals surface area contributed by atoms with Gasteiger partial charge in [0, 0.05) is 37.9 Å². The zero-order valence-electron chi connectivity index (χ0n) is 16.7. The Morgan fingerprint density at radius 2 is 1.96 bits per heavy atom. The van der Waals surface area contributed by atoms with E-state index < -0.39 is 0 Å². The van der Waals surface area contributed by atoms with E-state index in [9.17, 15) is 4.79 Å². The van der Waals surface area contributed by atoms with Crippen molar-refractivity contribution in [3.05, 3.63) is 23.9 Å². The highest BCUT2D eigenvalue weighted by Gasteiger charge is 2.49. The standard InChI is InChI=1S/C22H31N3O3/c1-27-20-3-2-14(11-23-20)12-25-4-5-28-19(13-25)22(26)24-21-17-7-15-6-16(9-17)10-18(21)8-15/h2-3,11,15-19,21H,4-10,12-13H2,1H3,(H,24,26). The molecule has 1 atom stereocenters. The van der Waals surface area contributed by atoms with Crippen LogP contribution in [0.4, 0.5) is 0 Å². The third-order valence-corrected chi connectivity index (χ3v) is 7.39. The lowest BCUT2D eigenvalue weighted by Gasteiger charge is -2.54. The van der Waals surface area contributed by atoms with Gasteiger partial charge in [-0.3, -0.25) is 9.69 Å². The number of carbonyl (C=O) groups is 1. The minimum absolute atomic E-state index is 0.0926. The smallest absolute Gasteiger partial charge is 0.250 e. The molecule has 1 aliphatic heterocycles. The molecular weight excluding hydrogens is 354 g/mol. The molecule has 0 aromatic carbocycles. The van der Waals surface area contributed by atoms with E-state index in [4.69, 9.17) is 9.47 Å². The van der Waals surface area contributed by atoms with E-state index in [0.717, 1.165) is 30.5 Å². The van der Waals surface area contributed by atoms with Crippen molar-refractivity contribution in [2.24, 2.45) is 23.7 Å². The van der Waals surface area contributed by atoms with Gasteiger partial charge in [-0.15, -0.1) is 0 Å². The Hall–Kier alpha value is -1.66. The minimum atomic E-state index is -0.364. The van der Waals surface area contributed by atoms with E-state index >= 15 is 0 Å². The first-order valence-electron chi connectivity index (χ1n) is 10.8. The summed E-state index contributed by atoms with van der Waals surface area (Å²) in [5.74, 6) is 3.97. The summed E-state index contributed by atoms with van der Waals surface area (Å²) >= 11 is 0. The van der Waals surface area contributed by atoms with Crippen LogP contribution >= 0.6 is 0 Å². The van der Waals surface area contributed by atoms with Gasteiger partial charge in [-0.25, -0.2) is 4.98 Å². The molecule has 1 N–H and O–H groups in total. The van der Waals surface area contributed by atoms with Crippen molar-refractivity contribution in [2.45, 2.75) is 50.8 Å². The molecule has 1 aromatic heterocycles. The van der Waals surface area contributed by atoms with Gasteiger partial charge in [-0.1, -0.05) is 6.07 Å². The quantitative estimate of drug-likeness (QED) is 0.842. The van der Waals surface area contributed by atoms with Crippen LogP contribution in [0.5, 0.6) is 5.88 Å². The fraction of sp³-hybridized carbons (Fsp3) is 0.727. The number of rotatable bonds is 5.